The standard InChI is InChI=1S/C9H9NO3S/c11-14(12)5-4-7-2-1-3-8-6-10-13-9(7)8/h1-3,6H,4-5H2,(H,11,12). The molecule has 1 atom stereocenters. The van der Waals surface area contributed by atoms with Crippen LogP contribution in [0.2, 0.25) is 0 Å². The maximum atomic E-state index is 10.5. The van der Waals surface area contributed by atoms with E-state index in [0.29, 0.717) is 12.0 Å². The van der Waals surface area contributed by atoms with Gasteiger partial charge in [0.25, 0.3) is 0 Å². The summed E-state index contributed by atoms with van der Waals surface area (Å²) in [6.07, 6.45) is 2.16. The van der Waals surface area contributed by atoms with Crippen molar-refractivity contribution < 1.29 is 13.3 Å². The summed E-state index contributed by atoms with van der Waals surface area (Å²) in [6.45, 7) is 0. The average Bonchev–Trinajstić information content (AvgIpc) is 2.62. The van der Waals surface area contributed by atoms with Crippen LogP contribution < -0.4 is 0 Å². The minimum absolute atomic E-state index is 0.222. The largest absolute Gasteiger partial charge is 0.356 e. The Morgan fingerprint density at radius 2 is 2.36 bits per heavy atom. The molecule has 5 heteroatoms. The van der Waals surface area contributed by atoms with Crippen molar-refractivity contribution in [3.05, 3.63) is 30.0 Å². The fourth-order valence-electron chi connectivity index (χ4n) is 1.35. The van der Waals surface area contributed by atoms with Crippen molar-refractivity contribution >= 4 is 22.0 Å². The van der Waals surface area contributed by atoms with Gasteiger partial charge in [0.2, 0.25) is 0 Å². The lowest BCUT2D eigenvalue weighted by Crippen LogP contribution is -1.99. The molecule has 0 aliphatic rings. The highest BCUT2D eigenvalue weighted by molar-refractivity contribution is 7.79. The first-order valence-electron chi connectivity index (χ1n) is 4.17. The Balaban J connectivity index is 2.32. The predicted molar refractivity (Wildman–Crippen MR) is 53.4 cm³/mol. The molecule has 0 amide bonds. The fourth-order valence-corrected chi connectivity index (χ4v) is 1.74. The van der Waals surface area contributed by atoms with Crippen molar-refractivity contribution in [3.63, 3.8) is 0 Å². The molecule has 14 heavy (non-hydrogen) atoms. The van der Waals surface area contributed by atoms with Crippen molar-refractivity contribution in [3.8, 4) is 0 Å². The second-order valence-corrected chi connectivity index (χ2v) is 3.99. The van der Waals surface area contributed by atoms with E-state index in [1.165, 1.54) is 0 Å². The molecule has 1 aromatic heterocycles. The van der Waals surface area contributed by atoms with Crippen molar-refractivity contribution in [1.82, 2.24) is 5.16 Å². The average molecular weight is 211 g/mol. The molecule has 0 aliphatic carbocycles. The summed E-state index contributed by atoms with van der Waals surface area (Å²) in [5, 5.41) is 4.60. The smallest absolute Gasteiger partial charge is 0.170 e. The lowest BCUT2D eigenvalue weighted by molar-refractivity contribution is 0.454. The van der Waals surface area contributed by atoms with Crippen LogP contribution in [-0.2, 0) is 17.5 Å². The molecule has 74 valence electrons. The number of aromatic nitrogens is 1. The second-order valence-electron chi connectivity index (χ2n) is 2.94. The summed E-state index contributed by atoms with van der Waals surface area (Å²) in [5.41, 5.74) is 1.63. The molecular weight excluding hydrogens is 202 g/mol. The highest BCUT2D eigenvalue weighted by Gasteiger charge is 2.05. The van der Waals surface area contributed by atoms with E-state index in [4.69, 9.17) is 9.08 Å². The van der Waals surface area contributed by atoms with Crippen LogP contribution in [0.1, 0.15) is 5.56 Å². The minimum Gasteiger partial charge on any atom is -0.356 e. The number of aryl methyl sites for hydroxylation is 1. The molecule has 2 aromatic rings. The van der Waals surface area contributed by atoms with E-state index in [-0.39, 0.29) is 5.75 Å². The molecule has 2 rings (SSSR count). The molecule has 0 fully saturated rings. The number of rotatable bonds is 3. The van der Waals surface area contributed by atoms with Gasteiger partial charge in [0, 0.05) is 5.39 Å². The van der Waals surface area contributed by atoms with Crippen LogP contribution in [0.5, 0.6) is 0 Å². The van der Waals surface area contributed by atoms with Gasteiger partial charge < -0.3 is 9.08 Å². The first kappa shape index (κ1) is 9.36. The summed E-state index contributed by atoms with van der Waals surface area (Å²) in [6, 6.07) is 5.65. The van der Waals surface area contributed by atoms with E-state index in [1.54, 1.807) is 6.20 Å². The summed E-state index contributed by atoms with van der Waals surface area (Å²) in [5.74, 6) is 0.222. The third kappa shape index (κ3) is 1.83. The molecule has 1 heterocycles. The van der Waals surface area contributed by atoms with Crippen molar-refractivity contribution in [2.45, 2.75) is 6.42 Å². The van der Waals surface area contributed by atoms with Gasteiger partial charge in [-0.1, -0.05) is 17.3 Å². The molecule has 0 aliphatic heterocycles. The van der Waals surface area contributed by atoms with E-state index >= 15 is 0 Å². The number of benzene rings is 1. The molecule has 0 saturated carbocycles. The number of fused-ring (bicyclic) bond motifs is 1. The van der Waals surface area contributed by atoms with E-state index in [2.05, 4.69) is 5.16 Å². The molecule has 1 N–H and O–H groups in total. The lowest BCUT2D eigenvalue weighted by Gasteiger charge is -1.98. The Morgan fingerprint density at radius 3 is 3.14 bits per heavy atom. The van der Waals surface area contributed by atoms with Crippen LogP contribution in [0.3, 0.4) is 0 Å². The molecule has 0 saturated heterocycles. The van der Waals surface area contributed by atoms with Crippen molar-refractivity contribution in [2.24, 2.45) is 0 Å². The van der Waals surface area contributed by atoms with Crippen molar-refractivity contribution in [1.29, 1.82) is 0 Å². The number of nitrogens with zero attached hydrogens (tertiary/aromatic N) is 1. The second kappa shape index (κ2) is 3.89. The highest BCUT2D eigenvalue weighted by atomic mass is 32.2. The fraction of sp³-hybridized carbons (Fsp3) is 0.222. The molecule has 1 unspecified atom stereocenters. The van der Waals surface area contributed by atoms with Gasteiger partial charge in [0.15, 0.2) is 16.7 Å². The highest BCUT2D eigenvalue weighted by Crippen LogP contribution is 2.18. The Labute approximate surface area is 83.2 Å². The monoisotopic (exact) mass is 211 g/mol. The SMILES string of the molecule is O=S(O)CCc1cccc2cnoc12. The van der Waals surface area contributed by atoms with Gasteiger partial charge >= 0.3 is 0 Å². The van der Waals surface area contributed by atoms with E-state index in [0.717, 1.165) is 10.9 Å². The van der Waals surface area contributed by atoms with Gasteiger partial charge in [-0.25, -0.2) is 4.21 Å². The van der Waals surface area contributed by atoms with E-state index in [1.807, 2.05) is 18.2 Å². The van der Waals surface area contributed by atoms with Crippen LogP contribution in [0, 0.1) is 0 Å². The third-order valence-electron chi connectivity index (χ3n) is 2.01. The van der Waals surface area contributed by atoms with Crippen LogP contribution in [-0.4, -0.2) is 19.7 Å². The Morgan fingerprint density at radius 1 is 1.50 bits per heavy atom. The zero-order chi connectivity index (χ0) is 9.97. The van der Waals surface area contributed by atoms with Gasteiger partial charge in [0.1, 0.15) is 0 Å². The number of hydrogen-bond acceptors (Lipinski definition) is 3. The third-order valence-corrected chi connectivity index (χ3v) is 2.56. The van der Waals surface area contributed by atoms with Crippen LogP contribution in [0.25, 0.3) is 11.0 Å². The van der Waals surface area contributed by atoms with E-state index < -0.39 is 11.1 Å². The Bertz CT molecular complexity index is 466. The maximum absolute atomic E-state index is 10.5. The van der Waals surface area contributed by atoms with Gasteiger partial charge in [0.05, 0.1) is 11.9 Å². The molecule has 1 aromatic carbocycles. The molecule has 0 spiro atoms. The van der Waals surface area contributed by atoms with E-state index in [9.17, 15) is 4.21 Å². The molecule has 4 nitrogen and oxygen atoms in total. The lowest BCUT2D eigenvalue weighted by atomic mass is 10.1. The molecule has 0 bridgehead atoms. The first-order chi connectivity index (χ1) is 6.77. The number of para-hydroxylation sites is 1. The predicted octanol–water partition coefficient (Wildman–Crippen LogP) is 1.59. The topological polar surface area (TPSA) is 63.3 Å². The van der Waals surface area contributed by atoms with Crippen LogP contribution >= 0.6 is 0 Å². The maximum Gasteiger partial charge on any atom is 0.170 e. The summed E-state index contributed by atoms with van der Waals surface area (Å²) < 4.78 is 24.2. The zero-order valence-electron chi connectivity index (χ0n) is 7.34. The number of hydrogen-bond donors (Lipinski definition) is 1. The van der Waals surface area contributed by atoms with Crippen LogP contribution in [0.4, 0.5) is 0 Å². The minimum atomic E-state index is -1.76. The molecular formula is C9H9NO3S. The van der Waals surface area contributed by atoms with Crippen LogP contribution in [0.15, 0.2) is 28.9 Å². The van der Waals surface area contributed by atoms with Gasteiger partial charge in [-0.05, 0) is 18.1 Å². The summed E-state index contributed by atoms with van der Waals surface area (Å²) >= 11 is -1.76. The Kier molecular flexibility index (Phi) is 2.60. The quantitative estimate of drug-likeness (QED) is 0.783. The first-order valence-corrected chi connectivity index (χ1v) is 5.44. The summed E-state index contributed by atoms with van der Waals surface area (Å²) in [4.78, 5) is 0. The molecule has 0 radical (unpaired) electrons. The Hall–Kier alpha value is -1.20. The van der Waals surface area contributed by atoms with Gasteiger partial charge in [-0.3, -0.25) is 0 Å². The summed E-state index contributed by atoms with van der Waals surface area (Å²) in [7, 11) is 0. The zero-order valence-corrected chi connectivity index (χ0v) is 8.16. The van der Waals surface area contributed by atoms with Gasteiger partial charge in [-0.15, -0.1) is 0 Å². The van der Waals surface area contributed by atoms with Crippen molar-refractivity contribution in [2.75, 3.05) is 5.75 Å². The van der Waals surface area contributed by atoms with Gasteiger partial charge in [-0.2, -0.15) is 0 Å². The normalized spacial score (nSPS) is 13.2.